The van der Waals surface area contributed by atoms with Gasteiger partial charge < -0.3 is 5.32 Å². The fourth-order valence-electron chi connectivity index (χ4n) is 0.910. The highest BCUT2D eigenvalue weighted by Crippen LogP contribution is 2.09. The molecule has 0 saturated carbocycles. The Morgan fingerprint density at radius 1 is 1.47 bits per heavy atom. The van der Waals surface area contributed by atoms with Gasteiger partial charge in [0.15, 0.2) is 0 Å². The fourth-order valence-corrected chi connectivity index (χ4v) is 2.59. The molecule has 15 heavy (non-hydrogen) atoms. The van der Waals surface area contributed by atoms with E-state index in [0.717, 1.165) is 24.3 Å². The van der Waals surface area contributed by atoms with Gasteiger partial charge in [0.1, 0.15) is 5.51 Å². The van der Waals surface area contributed by atoms with E-state index in [9.17, 15) is 8.42 Å². The Morgan fingerprint density at radius 2 is 2.27 bits per heavy atom. The summed E-state index contributed by atoms with van der Waals surface area (Å²) in [5, 5.41) is 10.5. The monoisotopic (exact) mass is 250 g/mol. The molecule has 0 aliphatic rings. The molecule has 0 amide bonds. The van der Waals surface area contributed by atoms with Crippen LogP contribution in [-0.4, -0.2) is 37.5 Å². The average Bonchev–Trinajstić information content (AvgIpc) is 2.64. The van der Waals surface area contributed by atoms with Gasteiger partial charge in [-0.2, -0.15) is 0 Å². The van der Waals surface area contributed by atoms with Crippen molar-refractivity contribution >= 4 is 26.5 Å². The molecule has 0 atom stereocenters. The van der Waals surface area contributed by atoms with Crippen LogP contribution >= 0.6 is 11.3 Å². The lowest BCUT2D eigenvalue weighted by Crippen LogP contribution is -2.27. The summed E-state index contributed by atoms with van der Waals surface area (Å²) in [6.07, 6.45) is 0.990. The quantitative estimate of drug-likeness (QED) is 0.679. The summed E-state index contributed by atoms with van der Waals surface area (Å²) in [4.78, 5) is 0. The van der Waals surface area contributed by atoms with Crippen LogP contribution < -0.4 is 10.0 Å². The lowest BCUT2D eigenvalue weighted by atomic mass is 10.5. The van der Waals surface area contributed by atoms with Crippen molar-refractivity contribution in [1.82, 2.24) is 15.5 Å². The fraction of sp³-hybridized carbons (Fsp3) is 0.714. The minimum absolute atomic E-state index is 0.0482. The van der Waals surface area contributed by atoms with Gasteiger partial charge in [0.2, 0.25) is 15.2 Å². The van der Waals surface area contributed by atoms with E-state index in [1.807, 2.05) is 6.92 Å². The van der Waals surface area contributed by atoms with Gasteiger partial charge in [-0.3, -0.25) is 4.72 Å². The third kappa shape index (κ3) is 5.05. The second-order valence-corrected chi connectivity index (χ2v) is 5.59. The average molecular weight is 250 g/mol. The predicted molar refractivity (Wildman–Crippen MR) is 60.5 cm³/mol. The van der Waals surface area contributed by atoms with E-state index in [0.29, 0.717) is 11.7 Å². The van der Waals surface area contributed by atoms with E-state index in [1.165, 1.54) is 5.51 Å². The maximum atomic E-state index is 11.4. The molecule has 1 aromatic rings. The molecule has 1 heterocycles. The summed E-state index contributed by atoms with van der Waals surface area (Å²) in [6.45, 7) is 3.30. The highest BCUT2D eigenvalue weighted by molar-refractivity contribution is 7.92. The van der Waals surface area contributed by atoms with Crippen LogP contribution in [0.25, 0.3) is 0 Å². The first-order chi connectivity index (χ1) is 7.14. The Kier molecular flexibility index (Phi) is 4.92. The number of rotatable bonds is 7. The van der Waals surface area contributed by atoms with Gasteiger partial charge in [0.25, 0.3) is 0 Å². The van der Waals surface area contributed by atoms with Gasteiger partial charge in [-0.05, 0) is 13.0 Å². The van der Waals surface area contributed by atoms with Gasteiger partial charge in [-0.15, -0.1) is 10.2 Å². The summed E-state index contributed by atoms with van der Waals surface area (Å²) in [7, 11) is -3.29. The number of hydrogen-bond acceptors (Lipinski definition) is 6. The van der Waals surface area contributed by atoms with E-state index >= 15 is 0 Å². The minimum Gasteiger partial charge on any atom is -0.316 e. The van der Waals surface area contributed by atoms with Crippen LogP contribution in [0.2, 0.25) is 0 Å². The van der Waals surface area contributed by atoms with Crippen molar-refractivity contribution in [1.29, 1.82) is 0 Å². The maximum absolute atomic E-state index is 11.4. The Hall–Kier alpha value is -0.730. The molecule has 0 radical (unpaired) electrons. The minimum atomic E-state index is -3.29. The molecule has 2 N–H and O–H groups in total. The largest absolute Gasteiger partial charge is 0.316 e. The topological polar surface area (TPSA) is 84.0 Å². The predicted octanol–water partition coefficient (Wildman–Crippen LogP) is 0.279. The van der Waals surface area contributed by atoms with Gasteiger partial charge in [0.05, 0.1) is 5.75 Å². The molecule has 0 aliphatic carbocycles. The first-order valence-electron chi connectivity index (χ1n) is 4.61. The normalized spacial score (nSPS) is 11.5. The summed E-state index contributed by atoms with van der Waals surface area (Å²) in [6, 6.07) is 0. The Bertz CT molecular complexity index is 362. The Balaban J connectivity index is 2.33. The summed E-state index contributed by atoms with van der Waals surface area (Å²) < 4.78 is 25.2. The second-order valence-electron chi connectivity index (χ2n) is 2.91. The Morgan fingerprint density at radius 3 is 2.87 bits per heavy atom. The number of nitrogens with zero attached hydrogens (tertiary/aromatic N) is 2. The van der Waals surface area contributed by atoms with Gasteiger partial charge in [0, 0.05) is 6.54 Å². The lowest BCUT2D eigenvalue weighted by molar-refractivity contribution is 0.595. The highest BCUT2D eigenvalue weighted by atomic mass is 32.2. The lowest BCUT2D eigenvalue weighted by Gasteiger charge is -2.05. The molecule has 86 valence electrons. The number of anilines is 1. The zero-order valence-corrected chi connectivity index (χ0v) is 10.1. The zero-order valence-electron chi connectivity index (χ0n) is 8.43. The van der Waals surface area contributed by atoms with Crippen LogP contribution in [0.1, 0.15) is 13.3 Å². The van der Waals surface area contributed by atoms with Crippen LogP contribution in [0.5, 0.6) is 0 Å². The van der Waals surface area contributed by atoms with Crippen molar-refractivity contribution in [3.05, 3.63) is 5.51 Å². The molecule has 8 heteroatoms. The highest BCUT2D eigenvalue weighted by Gasteiger charge is 2.11. The number of nitrogens with one attached hydrogen (secondary N) is 2. The molecule has 0 saturated heterocycles. The van der Waals surface area contributed by atoms with Crippen LogP contribution in [-0.2, 0) is 10.0 Å². The number of hydrogen-bond donors (Lipinski definition) is 2. The van der Waals surface area contributed by atoms with Gasteiger partial charge in [-0.1, -0.05) is 18.3 Å². The second kappa shape index (κ2) is 5.99. The smallest absolute Gasteiger partial charge is 0.235 e. The molecule has 0 aromatic carbocycles. The van der Waals surface area contributed by atoms with Gasteiger partial charge in [-0.25, -0.2) is 8.42 Å². The van der Waals surface area contributed by atoms with Crippen molar-refractivity contribution in [2.24, 2.45) is 0 Å². The summed E-state index contributed by atoms with van der Waals surface area (Å²) in [5.41, 5.74) is 1.48. The molecule has 0 spiro atoms. The Labute approximate surface area is 93.2 Å². The van der Waals surface area contributed by atoms with E-state index in [4.69, 9.17) is 0 Å². The van der Waals surface area contributed by atoms with E-state index in [2.05, 4.69) is 20.2 Å². The molecular weight excluding hydrogens is 236 g/mol. The first kappa shape index (κ1) is 12.3. The van der Waals surface area contributed by atoms with Crippen LogP contribution in [0.15, 0.2) is 5.51 Å². The van der Waals surface area contributed by atoms with Crippen molar-refractivity contribution < 1.29 is 8.42 Å². The van der Waals surface area contributed by atoms with Crippen molar-refractivity contribution in [2.45, 2.75) is 13.3 Å². The van der Waals surface area contributed by atoms with E-state index in [1.54, 1.807) is 0 Å². The summed E-state index contributed by atoms with van der Waals surface area (Å²) in [5.74, 6) is 0.0482. The third-order valence-corrected chi connectivity index (χ3v) is 3.56. The molecule has 0 fully saturated rings. The third-order valence-electron chi connectivity index (χ3n) is 1.58. The van der Waals surface area contributed by atoms with Gasteiger partial charge >= 0.3 is 0 Å². The van der Waals surface area contributed by atoms with Crippen molar-refractivity contribution in [3.63, 3.8) is 0 Å². The molecular formula is C7H14N4O2S2. The van der Waals surface area contributed by atoms with Crippen LogP contribution in [0.4, 0.5) is 5.13 Å². The molecule has 6 nitrogen and oxygen atoms in total. The SMILES string of the molecule is CCCNCCS(=O)(=O)Nc1nncs1. The van der Waals surface area contributed by atoms with Crippen molar-refractivity contribution in [3.8, 4) is 0 Å². The number of aromatic nitrogens is 2. The van der Waals surface area contributed by atoms with Crippen LogP contribution in [0.3, 0.4) is 0 Å². The molecule has 1 aromatic heterocycles. The maximum Gasteiger partial charge on any atom is 0.235 e. The summed E-state index contributed by atoms with van der Waals surface area (Å²) >= 11 is 1.16. The van der Waals surface area contributed by atoms with Crippen molar-refractivity contribution in [2.75, 3.05) is 23.6 Å². The van der Waals surface area contributed by atoms with E-state index in [-0.39, 0.29) is 5.75 Å². The molecule has 0 bridgehead atoms. The standard InChI is InChI=1S/C7H14N4O2S2/c1-2-3-8-4-5-15(12,13)11-7-10-9-6-14-7/h6,8H,2-5H2,1H3,(H,10,11). The first-order valence-corrected chi connectivity index (χ1v) is 7.14. The number of sulfonamides is 1. The van der Waals surface area contributed by atoms with E-state index < -0.39 is 10.0 Å². The zero-order chi connectivity index (χ0) is 11.1. The molecule has 1 rings (SSSR count). The molecule has 0 unspecified atom stereocenters. The molecule has 0 aliphatic heterocycles. The van der Waals surface area contributed by atoms with Crippen LogP contribution in [0, 0.1) is 0 Å².